The van der Waals surface area contributed by atoms with E-state index in [1.165, 1.54) is 11.1 Å². The number of allylic oxidation sites excluding steroid dienone is 2. The molecule has 0 aromatic heterocycles. The molecule has 0 saturated carbocycles. The van der Waals surface area contributed by atoms with Crippen LogP contribution in [0, 0.1) is 0 Å². The zero-order valence-corrected chi connectivity index (χ0v) is 6.92. The van der Waals surface area contributed by atoms with Crippen molar-refractivity contribution in [2.24, 2.45) is 0 Å². The van der Waals surface area contributed by atoms with E-state index in [9.17, 15) is 0 Å². The Hall–Kier alpha value is -0.630. The summed E-state index contributed by atoms with van der Waals surface area (Å²) in [5.74, 6) is 0. The van der Waals surface area contributed by atoms with E-state index < -0.39 is 0 Å². The van der Waals surface area contributed by atoms with Crippen molar-refractivity contribution >= 4 is 11.6 Å². The zero-order chi connectivity index (χ0) is 7.56. The quantitative estimate of drug-likeness (QED) is 0.570. The second-order valence-electron chi connectivity index (χ2n) is 2.24. The highest BCUT2D eigenvalue weighted by atomic mass is 35.5. The first-order valence-corrected chi connectivity index (χ1v) is 3.70. The van der Waals surface area contributed by atoms with Gasteiger partial charge in [0.05, 0.1) is 0 Å². The molecule has 2 N–H and O–H groups in total. The molecule has 1 aliphatic heterocycles. The van der Waals surface area contributed by atoms with Crippen molar-refractivity contribution in [3.05, 3.63) is 22.5 Å². The molecule has 2 nitrogen and oxygen atoms in total. The van der Waals surface area contributed by atoms with E-state index in [4.69, 9.17) is 11.6 Å². The molecule has 1 aliphatic rings. The van der Waals surface area contributed by atoms with Crippen LogP contribution >= 0.6 is 11.6 Å². The molecule has 0 spiro atoms. The number of hydrogen-bond acceptors (Lipinski definition) is 2. The molecule has 0 fully saturated rings. The SMILES string of the molecule is CCC1=C(Cl)NNC=C1C. The van der Waals surface area contributed by atoms with Gasteiger partial charge in [0.2, 0.25) is 0 Å². The van der Waals surface area contributed by atoms with Gasteiger partial charge in [-0.05, 0) is 24.5 Å². The summed E-state index contributed by atoms with van der Waals surface area (Å²) >= 11 is 5.84. The Morgan fingerprint density at radius 3 is 2.70 bits per heavy atom. The van der Waals surface area contributed by atoms with E-state index in [-0.39, 0.29) is 0 Å². The standard InChI is InChI=1S/C7H11ClN2/c1-3-6-5(2)4-9-10-7(6)8/h4,9-10H,3H2,1-2H3. The summed E-state index contributed by atoms with van der Waals surface area (Å²) in [7, 11) is 0. The molecule has 1 rings (SSSR count). The molecule has 3 heteroatoms. The Balaban J connectivity index is 2.87. The van der Waals surface area contributed by atoms with Gasteiger partial charge in [0, 0.05) is 6.20 Å². The van der Waals surface area contributed by atoms with Gasteiger partial charge in [-0.3, -0.25) is 5.43 Å². The highest BCUT2D eigenvalue weighted by molar-refractivity contribution is 6.29. The smallest absolute Gasteiger partial charge is 0.124 e. The van der Waals surface area contributed by atoms with Crippen molar-refractivity contribution in [2.75, 3.05) is 0 Å². The maximum atomic E-state index is 5.84. The first-order chi connectivity index (χ1) is 4.75. The molecule has 0 aromatic carbocycles. The molecule has 0 atom stereocenters. The summed E-state index contributed by atoms with van der Waals surface area (Å²) in [6.45, 7) is 4.12. The van der Waals surface area contributed by atoms with E-state index in [0.29, 0.717) is 5.16 Å². The molecule has 56 valence electrons. The minimum absolute atomic E-state index is 0.711. The van der Waals surface area contributed by atoms with Crippen LogP contribution in [0.15, 0.2) is 22.5 Å². The van der Waals surface area contributed by atoms with Crippen LogP contribution in [0.4, 0.5) is 0 Å². The third-order valence-corrected chi connectivity index (χ3v) is 1.89. The predicted molar refractivity (Wildman–Crippen MR) is 43.2 cm³/mol. The van der Waals surface area contributed by atoms with Crippen molar-refractivity contribution in [3.8, 4) is 0 Å². The fourth-order valence-corrected chi connectivity index (χ4v) is 1.31. The minimum atomic E-state index is 0.711. The summed E-state index contributed by atoms with van der Waals surface area (Å²) in [5.41, 5.74) is 8.06. The maximum absolute atomic E-state index is 5.84. The van der Waals surface area contributed by atoms with Crippen molar-refractivity contribution in [1.82, 2.24) is 10.9 Å². The summed E-state index contributed by atoms with van der Waals surface area (Å²) in [6.07, 6.45) is 2.88. The molecule has 0 aromatic rings. The van der Waals surface area contributed by atoms with Crippen molar-refractivity contribution in [1.29, 1.82) is 0 Å². The van der Waals surface area contributed by atoms with Crippen LogP contribution < -0.4 is 10.9 Å². The molecule has 0 saturated heterocycles. The van der Waals surface area contributed by atoms with Crippen LogP contribution in [0.25, 0.3) is 0 Å². The number of hydrazine groups is 1. The highest BCUT2D eigenvalue weighted by Crippen LogP contribution is 2.20. The van der Waals surface area contributed by atoms with Gasteiger partial charge in [-0.2, -0.15) is 0 Å². The molecular formula is C7H11ClN2. The Labute approximate surface area is 65.9 Å². The first-order valence-electron chi connectivity index (χ1n) is 3.33. The molecular weight excluding hydrogens is 148 g/mol. The summed E-state index contributed by atoms with van der Waals surface area (Å²) in [5, 5.41) is 0.711. The molecule has 0 radical (unpaired) electrons. The minimum Gasteiger partial charge on any atom is -0.307 e. The van der Waals surface area contributed by atoms with Gasteiger partial charge in [0.15, 0.2) is 0 Å². The third-order valence-electron chi connectivity index (χ3n) is 1.57. The summed E-state index contributed by atoms with van der Waals surface area (Å²) < 4.78 is 0. The lowest BCUT2D eigenvalue weighted by Crippen LogP contribution is -2.28. The van der Waals surface area contributed by atoms with Gasteiger partial charge in [-0.1, -0.05) is 18.5 Å². The van der Waals surface area contributed by atoms with Crippen LogP contribution in [0.5, 0.6) is 0 Å². The number of nitrogens with one attached hydrogen (secondary N) is 2. The second-order valence-corrected chi connectivity index (χ2v) is 2.62. The van der Waals surface area contributed by atoms with Gasteiger partial charge in [0.25, 0.3) is 0 Å². The number of halogens is 1. The molecule has 0 unspecified atom stereocenters. The van der Waals surface area contributed by atoms with E-state index in [2.05, 4.69) is 17.8 Å². The first kappa shape index (κ1) is 7.48. The zero-order valence-electron chi connectivity index (χ0n) is 6.16. The van der Waals surface area contributed by atoms with Crippen LogP contribution in [0.2, 0.25) is 0 Å². The van der Waals surface area contributed by atoms with Crippen LogP contribution in [-0.2, 0) is 0 Å². The molecule has 0 amide bonds. The van der Waals surface area contributed by atoms with Crippen LogP contribution in [-0.4, -0.2) is 0 Å². The van der Waals surface area contributed by atoms with Gasteiger partial charge in [-0.15, -0.1) is 0 Å². The lowest BCUT2D eigenvalue weighted by Gasteiger charge is -2.16. The Bertz CT molecular complexity index is 194. The normalized spacial score (nSPS) is 17.7. The van der Waals surface area contributed by atoms with Crippen LogP contribution in [0.3, 0.4) is 0 Å². The lowest BCUT2D eigenvalue weighted by atomic mass is 10.1. The van der Waals surface area contributed by atoms with Gasteiger partial charge >= 0.3 is 0 Å². The van der Waals surface area contributed by atoms with E-state index in [0.717, 1.165) is 6.42 Å². The van der Waals surface area contributed by atoms with Gasteiger partial charge in [-0.25, -0.2) is 0 Å². The summed E-state index contributed by atoms with van der Waals surface area (Å²) in [4.78, 5) is 0. The molecule has 1 heterocycles. The average Bonchev–Trinajstić information content (AvgIpc) is 1.88. The largest absolute Gasteiger partial charge is 0.307 e. The number of rotatable bonds is 1. The highest BCUT2D eigenvalue weighted by Gasteiger charge is 2.07. The molecule has 0 bridgehead atoms. The fraction of sp³-hybridized carbons (Fsp3) is 0.429. The predicted octanol–water partition coefficient (Wildman–Crippen LogP) is 1.86. The maximum Gasteiger partial charge on any atom is 0.124 e. The second kappa shape index (κ2) is 2.97. The van der Waals surface area contributed by atoms with E-state index >= 15 is 0 Å². The van der Waals surface area contributed by atoms with Crippen molar-refractivity contribution in [3.63, 3.8) is 0 Å². The van der Waals surface area contributed by atoms with E-state index in [1.807, 2.05) is 13.1 Å². The molecule has 0 aliphatic carbocycles. The van der Waals surface area contributed by atoms with Crippen LogP contribution in [0.1, 0.15) is 20.3 Å². The lowest BCUT2D eigenvalue weighted by molar-refractivity contribution is 0.725. The third kappa shape index (κ3) is 1.27. The van der Waals surface area contributed by atoms with Gasteiger partial charge in [0.1, 0.15) is 5.16 Å². The summed E-state index contributed by atoms with van der Waals surface area (Å²) in [6, 6.07) is 0. The Kier molecular flexibility index (Phi) is 2.22. The number of hydrogen-bond donors (Lipinski definition) is 2. The molecule has 10 heavy (non-hydrogen) atoms. The monoisotopic (exact) mass is 158 g/mol. The average molecular weight is 159 g/mol. The van der Waals surface area contributed by atoms with Crippen molar-refractivity contribution in [2.45, 2.75) is 20.3 Å². The van der Waals surface area contributed by atoms with Crippen molar-refractivity contribution < 1.29 is 0 Å². The van der Waals surface area contributed by atoms with Gasteiger partial charge < -0.3 is 5.43 Å². The van der Waals surface area contributed by atoms with E-state index in [1.54, 1.807) is 0 Å². The Morgan fingerprint density at radius 2 is 2.30 bits per heavy atom. The fourth-order valence-electron chi connectivity index (χ4n) is 0.977. The topological polar surface area (TPSA) is 24.1 Å². The Morgan fingerprint density at radius 1 is 1.60 bits per heavy atom.